The summed E-state index contributed by atoms with van der Waals surface area (Å²) >= 11 is 0. The van der Waals surface area contributed by atoms with Crippen LogP contribution in [0.4, 0.5) is 0 Å². The fourth-order valence-corrected chi connectivity index (χ4v) is 3.18. The number of phenolic OH excluding ortho intramolecular Hbond substituents is 1. The van der Waals surface area contributed by atoms with Crippen LogP contribution in [-0.4, -0.2) is 29.9 Å². The van der Waals surface area contributed by atoms with E-state index in [1.807, 2.05) is 6.92 Å². The molecule has 4 heteroatoms. The lowest BCUT2D eigenvalue weighted by Gasteiger charge is -2.25. The predicted octanol–water partition coefficient (Wildman–Crippen LogP) is 6.26. The van der Waals surface area contributed by atoms with Gasteiger partial charge in [-0.2, -0.15) is 0 Å². The van der Waals surface area contributed by atoms with E-state index >= 15 is 0 Å². The maximum atomic E-state index is 12.3. The Kier molecular flexibility index (Phi) is 12.6. The molecule has 0 aromatic heterocycles. The number of phenols is 1. The Labute approximate surface area is 165 Å². The number of hydrogen-bond donors (Lipinski definition) is 1. The van der Waals surface area contributed by atoms with E-state index < -0.39 is 0 Å². The average Bonchev–Trinajstić information content (AvgIpc) is 2.68. The second-order valence-electron chi connectivity index (χ2n) is 7.19. The van der Waals surface area contributed by atoms with Crippen LogP contribution in [0.25, 0.3) is 0 Å². The van der Waals surface area contributed by atoms with Crippen LogP contribution in [0.3, 0.4) is 0 Å². The Hall–Kier alpha value is -1.55. The molecule has 2 atom stereocenters. The summed E-state index contributed by atoms with van der Waals surface area (Å²) in [6, 6.07) is 6.14. The van der Waals surface area contributed by atoms with Crippen molar-refractivity contribution in [3.63, 3.8) is 0 Å². The van der Waals surface area contributed by atoms with Crippen molar-refractivity contribution in [2.75, 3.05) is 6.61 Å². The fourth-order valence-electron chi connectivity index (χ4n) is 3.18. The summed E-state index contributed by atoms with van der Waals surface area (Å²) < 4.78 is 11.7. The number of unbranched alkanes of at least 4 members (excludes halogenated alkanes) is 7. The fraction of sp³-hybridized carbons (Fsp3) is 0.696. The number of carbonyl (C=O) groups excluding carboxylic acids is 1. The van der Waals surface area contributed by atoms with E-state index in [2.05, 4.69) is 13.8 Å². The molecule has 0 aliphatic rings. The summed E-state index contributed by atoms with van der Waals surface area (Å²) in [6.45, 7) is 7.04. The third-order valence-corrected chi connectivity index (χ3v) is 4.91. The normalized spacial score (nSPS) is 13.3. The van der Waals surface area contributed by atoms with Crippen LogP contribution in [0.1, 0.15) is 95.3 Å². The maximum absolute atomic E-state index is 12.3. The van der Waals surface area contributed by atoms with Gasteiger partial charge in [0.15, 0.2) is 0 Å². The molecular weight excluding hydrogens is 340 g/mol. The molecular formula is C23H38O4. The number of aromatic hydroxyl groups is 1. The van der Waals surface area contributed by atoms with E-state index in [1.165, 1.54) is 57.1 Å². The van der Waals surface area contributed by atoms with Gasteiger partial charge in [-0.05, 0) is 43.5 Å². The number of rotatable bonds is 15. The van der Waals surface area contributed by atoms with Crippen LogP contribution in [0, 0.1) is 0 Å². The monoisotopic (exact) mass is 378 g/mol. The van der Waals surface area contributed by atoms with E-state index in [0.717, 1.165) is 25.9 Å². The quantitative estimate of drug-likeness (QED) is 0.289. The Bertz CT molecular complexity index is 498. The Balaban J connectivity index is 2.30. The van der Waals surface area contributed by atoms with E-state index in [4.69, 9.17) is 9.47 Å². The molecule has 1 N–H and O–H groups in total. The molecule has 0 radical (unpaired) electrons. The van der Waals surface area contributed by atoms with Crippen LogP contribution < -0.4 is 0 Å². The molecule has 0 amide bonds. The molecule has 0 aliphatic heterocycles. The number of carbonyl (C=O) groups is 1. The Morgan fingerprint density at radius 2 is 1.41 bits per heavy atom. The minimum Gasteiger partial charge on any atom is -0.508 e. The van der Waals surface area contributed by atoms with Gasteiger partial charge < -0.3 is 14.6 Å². The first kappa shape index (κ1) is 23.5. The molecule has 0 fully saturated rings. The highest BCUT2D eigenvalue weighted by molar-refractivity contribution is 5.89. The minimum atomic E-state index is -0.365. The van der Waals surface area contributed by atoms with Crippen molar-refractivity contribution in [1.29, 1.82) is 0 Å². The molecule has 1 aromatic carbocycles. The SMILES string of the molecule is CCCCCCCCCCOC(CC)C(CC)OC(=O)c1ccc(O)cc1. The average molecular weight is 379 g/mol. The summed E-state index contributed by atoms with van der Waals surface area (Å²) in [6.07, 6.45) is 11.4. The molecule has 27 heavy (non-hydrogen) atoms. The highest BCUT2D eigenvalue weighted by atomic mass is 16.6. The van der Waals surface area contributed by atoms with E-state index in [9.17, 15) is 9.90 Å². The lowest BCUT2D eigenvalue weighted by molar-refractivity contribution is -0.0562. The zero-order valence-corrected chi connectivity index (χ0v) is 17.4. The topological polar surface area (TPSA) is 55.8 Å². The zero-order chi connectivity index (χ0) is 19.9. The third-order valence-electron chi connectivity index (χ3n) is 4.91. The minimum absolute atomic E-state index is 0.0689. The van der Waals surface area contributed by atoms with Crippen molar-refractivity contribution in [2.45, 2.75) is 97.2 Å². The second-order valence-corrected chi connectivity index (χ2v) is 7.19. The largest absolute Gasteiger partial charge is 0.508 e. The van der Waals surface area contributed by atoms with Crippen molar-refractivity contribution in [1.82, 2.24) is 0 Å². The van der Waals surface area contributed by atoms with Gasteiger partial charge in [0.2, 0.25) is 0 Å². The van der Waals surface area contributed by atoms with Crippen molar-refractivity contribution >= 4 is 5.97 Å². The predicted molar refractivity (Wildman–Crippen MR) is 110 cm³/mol. The molecule has 1 rings (SSSR count). The first-order valence-electron chi connectivity index (χ1n) is 10.7. The van der Waals surface area contributed by atoms with Crippen LogP contribution >= 0.6 is 0 Å². The van der Waals surface area contributed by atoms with Gasteiger partial charge in [-0.3, -0.25) is 0 Å². The summed E-state index contributed by atoms with van der Waals surface area (Å²) in [5.41, 5.74) is 0.448. The first-order chi connectivity index (χ1) is 13.1. The van der Waals surface area contributed by atoms with Crippen molar-refractivity contribution in [3.8, 4) is 5.75 Å². The Morgan fingerprint density at radius 1 is 0.852 bits per heavy atom. The molecule has 0 saturated carbocycles. The van der Waals surface area contributed by atoms with E-state index in [0.29, 0.717) is 5.56 Å². The van der Waals surface area contributed by atoms with Crippen molar-refractivity contribution in [2.24, 2.45) is 0 Å². The lowest BCUT2D eigenvalue weighted by atomic mass is 10.1. The highest BCUT2D eigenvalue weighted by Crippen LogP contribution is 2.17. The summed E-state index contributed by atoms with van der Waals surface area (Å²) in [5, 5.41) is 9.33. The van der Waals surface area contributed by atoms with E-state index in [-0.39, 0.29) is 23.9 Å². The van der Waals surface area contributed by atoms with Gasteiger partial charge in [0.05, 0.1) is 11.7 Å². The second kappa shape index (κ2) is 14.5. The highest BCUT2D eigenvalue weighted by Gasteiger charge is 2.23. The van der Waals surface area contributed by atoms with Gasteiger partial charge in [-0.1, -0.05) is 65.7 Å². The molecule has 0 saturated heterocycles. The lowest BCUT2D eigenvalue weighted by Crippen LogP contribution is -2.33. The van der Waals surface area contributed by atoms with Crippen LogP contribution in [-0.2, 0) is 9.47 Å². The van der Waals surface area contributed by atoms with Crippen molar-refractivity contribution < 1.29 is 19.4 Å². The van der Waals surface area contributed by atoms with Gasteiger partial charge in [-0.15, -0.1) is 0 Å². The van der Waals surface area contributed by atoms with Crippen molar-refractivity contribution in [3.05, 3.63) is 29.8 Å². The number of hydrogen-bond acceptors (Lipinski definition) is 4. The molecule has 1 aromatic rings. The van der Waals surface area contributed by atoms with Gasteiger partial charge >= 0.3 is 5.97 Å². The van der Waals surface area contributed by atoms with Gasteiger partial charge in [0.25, 0.3) is 0 Å². The first-order valence-corrected chi connectivity index (χ1v) is 10.7. The molecule has 0 bridgehead atoms. The number of benzene rings is 1. The molecule has 154 valence electrons. The van der Waals surface area contributed by atoms with Crippen LogP contribution in [0.2, 0.25) is 0 Å². The van der Waals surface area contributed by atoms with Crippen LogP contribution in [0.5, 0.6) is 5.75 Å². The molecule has 4 nitrogen and oxygen atoms in total. The molecule has 0 heterocycles. The molecule has 0 spiro atoms. The van der Waals surface area contributed by atoms with Crippen LogP contribution in [0.15, 0.2) is 24.3 Å². The van der Waals surface area contributed by atoms with E-state index in [1.54, 1.807) is 12.1 Å². The van der Waals surface area contributed by atoms with Gasteiger partial charge in [-0.25, -0.2) is 4.79 Å². The molecule has 2 unspecified atom stereocenters. The van der Waals surface area contributed by atoms with Gasteiger partial charge in [0.1, 0.15) is 11.9 Å². The Morgan fingerprint density at radius 3 is 1.96 bits per heavy atom. The zero-order valence-electron chi connectivity index (χ0n) is 17.4. The summed E-state index contributed by atoms with van der Waals surface area (Å²) in [5.74, 6) is -0.227. The summed E-state index contributed by atoms with van der Waals surface area (Å²) in [4.78, 5) is 12.3. The molecule has 0 aliphatic carbocycles. The smallest absolute Gasteiger partial charge is 0.338 e. The maximum Gasteiger partial charge on any atom is 0.338 e. The number of esters is 1. The van der Waals surface area contributed by atoms with Gasteiger partial charge in [0, 0.05) is 6.61 Å². The third kappa shape index (κ3) is 9.81. The standard InChI is InChI=1S/C23H38O4/c1-4-7-8-9-10-11-12-13-18-26-21(5-2)22(6-3)27-23(25)19-14-16-20(24)17-15-19/h14-17,21-22,24H,4-13,18H2,1-3H3. The number of ether oxygens (including phenoxy) is 2. The summed E-state index contributed by atoms with van der Waals surface area (Å²) in [7, 11) is 0.